The zero-order valence-corrected chi connectivity index (χ0v) is 17.2. The molecule has 27 heavy (non-hydrogen) atoms. The second-order valence-corrected chi connectivity index (χ2v) is 7.59. The molecule has 0 fully saturated rings. The standard InChI is InChI=1S/C21H27NO4S/c1-5-16-15-9-11-27-19(15)8-10-22(16)20(23)7-6-14-12-17(24-2)21(26-4)18(13-14)25-3/h9,11-13,16H,5-8,10H2,1-4H3. The molecule has 1 aromatic carbocycles. The number of rotatable bonds is 7. The van der Waals surface area contributed by atoms with Crippen LogP contribution in [-0.4, -0.2) is 38.7 Å². The minimum absolute atomic E-state index is 0.201. The summed E-state index contributed by atoms with van der Waals surface area (Å²) in [5, 5.41) is 2.14. The molecular weight excluding hydrogens is 362 g/mol. The number of thiophene rings is 1. The second kappa shape index (κ2) is 8.65. The molecule has 5 nitrogen and oxygen atoms in total. The number of ether oxygens (including phenoxy) is 3. The van der Waals surface area contributed by atoms with Crippen LogP contribution in [0.15, 0.2) is 23.6 Å². The van der Waals surface area contributed by atoms with E-state index in [0.717, 1.165) is 24.9 Å². The Balaban J connectivity index is 1.72. The molecule has 2 aromatic rings. The van der Waals surface area contributed by atoms with Crippen molar-refractivity contribution in [2.24, 2.45) is 0 Å². The third-order valence-corrected chi connectivity index (χ3v) is 6.15. The van der Waals surface area contributed by atoms with E-state index in [1.165, 1.54) is 10.4 Å². The van der Waals surface area contributed by atoms with Crippen LogP contribution in [0.3, 0.4) is 0 Å². The van der Waals surface area contributed by atoms with Gasteiger partial charge in [-0.1, -0.05) is 6.92 Å². The van der Waals surface area contributed by atoms with E-state index in [-0.39, 0.29) is 11.9 Å². The number of fused-ring (bicyclic) bond motifs is 1. The predicted octanol–water partition coefficient (Wildman–Crippen LogP) is 4.24. The van der Waals surface area contributed by atoms with Gasteiger partial charge in [-0.3, -0.25) is 4.79 Å². The van der Waals surface area contributed by atoms with Gasteiger partial charge >= 0.3 is 0 Å². The monoisotopic (exact) mass is 389 g/mol. The number of aryl methyl sites for hydroxylation is 1. The van der Waals surface area contributed by atoms with Crippen molar-refractivity contribution in [2.45, 2.75) is 38.6 Å². The molecule has 3 rings (SSSR count). The van der Waals surface area contributed by atoms with Crippen LogP contribution < -0.4 is 14.2 Å². The lowest BCUT2D eigenvalue weighted by Crippen LogP contribution is -2.39. The number of amides is 1. The Labute approximate surface area is 164 Å². The first kappa shape index (κ1) is 19.5. The summed E-state index contributed by atoms with van der Waals surface area (Å²) >= 11 is 1.80. The van der Waals surface area contributed by atoms with E-state index in [1.807, 2.05) is 17.0 Å². The molecule has 2 heterocycles. The van der Waals surface area contributed by atoms with E-state index < -0.39 is 0 Å². The Hall–Kier alpha value is -2.21. The summed E-state index contributed by atoms with van der Waals surface area (Å²) in [6.07, 6.45) is 3.01. The van der Waals surface area contributed by atoms with E-state index in [2.05, 4.69) is 18.4 Å². The normalized spacial score (nSPS) is 16.0. The number of hydrogen-bond donors (Lipinski definition) is 0. The Kier molecular flexibility index (Phi) is 6.26. The van der Waals surface area contributed by atoms with Gasteiger partial charge in [0.2, 0.25) is 11.7 Å². The topological polar surface area (TPSA) is 48.0 Å². The zero-order valence-electron chi connectivity index (χ0n) is 16.4. The van der Waals surface area contributed by atoms with Crippen LogP contribution in [0.5, 0.6) is 17.2 Å². The molecule has 0 radical (unpaired) electrons. The molecule has 1 amide bonds. The molecule has 0 bridgehead atoms. The highest BCUT2D eigenvalue weighted by molar-refractivity contribution is 7.10. The minimum Gasteiger partial charge on any atom is -0.493 e. The van der Waals surface area contributed by atoms with Gasteiger partial charge in [0.25, 0.3) is 0 Å². The van der Waals surface area contributed by atoms with E-state index >= 15 is 0 Å². The smallest absolute Gasteiger partial charge is 0.223 e. The molecule has 0 N–H and O–H groups in total. The summed E-state index contributed by atoms with van der Waals surface area (Å²) in [6.45, 7) is 2.96. The largest absolute Gasteiger partial charge is 0.493 e. The maximum absolute atomic E-state index is 12.9. The van der Waals surface area contributed by atoms with Crippen LogP contribution in [0.25, 0.3) is 0 Å². The van der Waals surface area contributed by atoms with Gasteiger partial charge in [0.1, 0.15) is 0 Å². The lowest BCUT2D eigenvalue weighted by atomic mass is 9.97. The first-order valence-corrected chi connectivity index (χ1v) is 10.2. The second-order valence-electron chi connectivity index (χ2n) is 6.59. The van der Waals surface area contributed by atoms with Gasteiger partial charge in [-0.15, -0.1) is 11.3 Å². The predicted molar refractivity (Wildman–Crippen MR) is 107 cm³/mol. The van der Waals surface area contributed by atoms with Gasteiger partial charge in [-0.2, -0.15) is 0 Å². The van der Waals surface area contributed by atoms with Crippen molar-refractivity contribution in [1.29, 1.82) is 0 Å². The van der Waals surface area contributed by atoms with Gasteiger partial charge in [0.05, 0.1) is 27.4 Å². The van der Waals surface area contributed by atoms with Crippen molar-refractivity contribution in [3.63, 3.8) is 0 Å². The van der Waals surface area contributed by atoms with Gasteiger partial charge in [0, 0.05) is 17.8 Å². The van der Waals surface area contributed by atoms with Crippen LogP contribution >= 0.6 is 11.3 Å². The van der Waals surface area contributed by atoms with Gasteiger partial charge < -0.3 is 19.1 Å². The highest BCUT2D eigenvalue weighted by Crippen LogP contribution is 2.39. The number of nitrogens with zero attached hydrogens (tertiary/aromatic N) is 1. The van der Waals surface area contributed by atoms with E-state index in [4.69, 9.17) is 14.2 Å². The number of benzene rings is 1. The van der Waals surface area contributed by atoms with Gasteiger partial charge in [0.15, 0.2) is 11.5 Å². The quantitative estimate of drug-likeness (QED) is 0.711. The summed E-state index contributed by atoms with van der Waals surface area (Å²) < 4.78 is 16.2. The highest BCUT2D eigenvalue weighted by Gasteiger charge is 2.30. The molecule has 0 spiro atoms. The lowest BCUT2D eigenvalue weighted by molar-refractivity contribution is -0.134. The van der Waals surface area contributed by atoms with Crippen molar-refractivity contribution >= 4 is 17.2 Å². The van der Waals surface area contributed by atoms with Crippen molar-refractivity contribution in [3.05, 3.63) is 39.6 Å². The molecule has 1 aliphatic heterocycles. The number of hydrogen-bond acceptors (Lipinski definition) is 5. The summed E-state index contributed by atoms with van der Waals surface area (Å²) in [6, 6.07) is 6.21. The maximum Gasteiger partial charge on any atom is 0.223 e. The van der Waals surface area contributed by atoms with E-state index in [0.29, 0.717) is 30.1 Å². The molecule has 6 heteroatoms. The molecule has 1 unspecified atom stereocenters. The third kappa shape index (κ3) is 3.90. The zero-order chi connectivity index (χ0) is 19.4. The molecule has 0 aliphatic carbocycles. The fourth-order valence-corrected chi connectivity index (χ4v) is 4.74. The Morgan fingerprint density at radius 3 is 2.48 bits per heavy atom. The molecule has 146 valence electrons. The number of carbonyl (C=O) groups excluding carboxylic acids is 1. The van der Waals surface area contributed by atoms with Crippen molar-refractivity contribution in [2.75, 3.05) is 27.9 Å². The summed E-state index contributed by atoms with van der Waals surface area (Å²) in [7, 11) is 4.79. The average molecular weight is 390 g/mol. The molecule has 0 saturated carbocycles. The summed E-state index contributed by atoms with van der Waals surface area (Å²) in [5.74, 6) is 2.01. The first-order chi connectivity index (χ1) is 13.1. The Morgan fingerprint density at radius 2 is 1.89 bits per heavy atom. The Bertz CT molecular complexity index is 776. The summed E-state index contributed by atoms with van der Waals surface area (Å²) in [4.78, 5) is 16.4. The fourth-order valence-electron chi connectivity index (χ4n) is 3.81. The van der Waals surface area contributed by atoms with Gasteiger partial charge in [-0.05, 0) is 54.0 Å². The number of carbonyl (C=O) groups is 1. The number of methoxy groups -OCH3 is 3. The van der Waals surface area contributed by atoms with Crippen molar-refractivity contribution in [3.8, 4) is 17.2 Å². The maximum atomic E-state index is 12.9. The van der Waals surface area contributed by atoms with Crippen LogP contribution in [0.2, 0.25) is 0 Å². The molecule has 1 aliphatic rings. The lowest BCUT2D eigenvalue weighted by Gasteiger charge is -2.35. The van der Waals surface area contributed by atoms with Crippen LogP contribution in [0.4, 0.5) is 0 Å². The molecule has 1 atom stereocenters. The minimum atomic E-state index is 0.201. The highest BCUT2D eigenvalue weighted by atomic mass is 32.1. The molecule has 0 saturated heterocycles. The van der Waals surface area contributed by atoms with Crippen molar-refractivity contribution < 1.29 is 19.0 Å². The Morgan fingerprint density at radius 1 is 1.19 bits per heavy atom. The SMILES string of the molecule is CCC1c2ccsc2CCN1C(=O)CCc1cc(OC)c(OC)c(OC)c1. The van der Waals surface area contributed by atoms with Crippen LogP contribution in [0.1, 0.15) is 41.8 Å². The van der Waals surface area contributed by atoms with E-state index in [1.54, 1.807) is 32.7 Å². The van der Waals surface area contributed by atoms with Crippen LogP contribution in [0, 0.1) is 0 Å². The molecule has 1 aromatic heterocycles. The van der Waals surface area contributed by atoms with E-state index in [9.17, 15) is 4.79 Å². The fraction of sp³-hybridized carbons (Fsp3) is 0.476. The third-order valence-electron chi connectivity index (χ3n) is 5.15. The molecular formula is C21H27NO4S. The summed E-state index contributed by atoms with van der Waals surface area (Å²) in [5.41, 5.74) is 2.33. The van der Waals surface area contributed by atoms with Gasteiger partial charge in [-0.25, -0.2) is 0 Å². The average Bonchev–Trinajstić information content (AvgIpc) is 3.19. The first-order valence-electron chi connectivity index (χ1n) is 9.27. The van der Waals surface area contributed by atoms with Crippen LogP contribution in [-0.2, 0) is 17.6 Å². The van der Waals surface area contributed by atoms with Crippen molar-refractivity contribution in [1.82, 2.24) is 4.90 Å².